The first kappa shape index (κ1) is 8.88. The van der Waals surface area contributed by atoms with Crippen molar-refractivity contribution in [2.24, 2.45) is 5.73 Å². The van der Waals surface area contributed by atoms with Gasteiger partial charge in [0.25, 0.3) is 0 Å². The summed E-state index contributed by atoms with van der Waals surface area (Å²) in [5.41, 5.74) is 7.85. The van der Waals surface area contributed by atoms with Crippen molar-refractivity contribution in [1.82, 2.24) is 5.48 Å². The van der Waals surface area contributed by atoms with E-state index in [2.05, 4.69) is 5.48 Å². The van der Waals surface area contributed by atoms with Crippen LogP contribution in [0.25, 0.3) is 0 Å². The molecule has 56 valence electrons. The summed E-state index contributed by atoms with van der Waals surface area (Å²) in [5.74, 6) is 0. The third-order valence-corrected chi connectivity index (χ3v) is 0.625. The molecule has 0 atom stereocenters. The molecule has 0 spiro atoms. The summed E-state index contributed by atoms with van der Waals surface area (Å²) in [6.45, 7) is 7.26. The number of rotatable bonds is 3. The maximum atomic E-state index is 5.22. The van der Waals surface area contributed by atoms with Crippen LogP contribution in [0.5, 0.6) is 0 Å². The van der Waals surface area contributed by atoms with E-state index in [1.165, 1.54) is 0 Å². The SMILES string of the molecule is CC(C)(C)ONCCN. The molecule has 3 heteroatoms. The minimum atomic E-state index is -0.116. The topological polar surface area (TPSA) is 47.3 Å². The zero-order valence-electron chi connectivity index (χ0n) is 6.40. The van der Waals surface area contributed by atoms with Crippen LogP contribution in [0.2, 0.25) is 0 Å². The molecule has 0 saturated heterocycles. The normalized spacial score (nSPS) is 12.0. The first-order valence-corrected chi connectivity index (χ1v) is 3.17. The van der Waals surface area contributed by atoms with Crippen LogP contribution in [0.1, 0.15) is 20.8 Å². The zero-order chi connectivity index (χ0) is 7.33. The van der Waals surface area contributed by atoms with Crippen LogP contribution < -0.4 is 11.2 Å². The van der Waals surface area contributed by atoms with Gasteiger partial charge in [-0.05, 0) is 20.8 Å². The van der Waals surface area contributed by atoms with Gasteiger partial charge < -0.3 is 5.73 Å². The number of hydroxylamine groups is 1. The fraction of sp³-hybridized carbons (Fsp3) is 1.00. The van der Waals surface area contributed by atoms with Crippen molar-refractivity contribution in [3.8, 4) is 0 Å². The molecule has 0 radical (unpaired) electrons. The highest BCUT2D eigenvalue weighted by Gasteiger charge is 2.08. The smallest absolute Gasteiger partial charge is 0.0812 e. The van der Waals surface area contributed by atoms with Crippen molar-refractivity contribution in [3.63, 3.8) is 0 Å². The van der Waals surface area contributed by atoms with E-state index in [0.29, 0.717) is 13.1 Å². The van der Waals surface area contributed by atoms with Crippen molar-refractivity contribution in [2.45, 2.75) is 26.4 Å². The molecule has 9 heavy (non-hydrogen) atoms. The van der Waals surface area contributed by atoms with Gasteiger partial charge in [-0.15, -0.1) is 0 Å². The van der Waals surface area contributed by atoms with Crippen LogP contribution >= 0.6 is 0 Å². The fourth-order valence-corrected chi connectivity index (χ4v) is 0.326. The highest BCUT2D eigenvalue weighted by Crippen LogP contribution is 2.02. The lowest BCUT2D eigenvalue weighted by Crippen LogP contribution is -2.32. The molecule has 0 amide bonds. The third kappa shape index (κ3) is 7.88. The van der Waals surface area contributed by atoms with Gasteiger partial charge >= 0.3 is 0 Å². The molecule has 0 aliphatic carbocycles. The molecule has 0 aromatic carbocycles. The van der Waals surface area contributed by atoms with Gasteiger partial charge in [0.05, 0.1) is 5.60 Å². The molecule has 0 unspecified atom stereocenters. The molecule has 0 aromatic rings. The molecule has 0 aromatic heterocycles. The van der Waals surface area contributed by atoms with E-state index in [0.717, 1.165) is 0 Å². The van der Waals surface area contributed by atoms with Gasteiger partial charge in [0.2, 0.25) is 0 Å². The molecule has 0 aliphatic heterocycles. The summed E-state index contributed by atoms with van der Waals surface area (Å²) < 4.78 is 0. The molecule has 3 nitrogen and oxygen atoms in total. The molecule has 0 saturated carbocycles. The molecular weight excluding hydrogens is 116 g/mol. The van der Waals surface area contributed by atoms with Crippen molar-refractivity contribution in [3.05, 3.63) is 0 Å². The van der Waals surface area contributed by atoms with E-state index in [1.54, 1.807) is 0 Å². The van der Waals surface area contributed by atoms with Gasteiger partial charge in [-0.3, -0.25) is 4.84 Å². The Kier molecular flexibility index (Phi) is 3.77. The van der Waals surface area contributed by atoms with Gasteiger partial charge in [-0.1, -0.05) is 0 Å². The van der Waals surface area contributed by atoms with Crippen LogP contribution in [0, 0.1) is 0 Å². The second kappa shape index (κ2) is 3.82. The third-order valence-electron chi connectivity index (χ3n) is 0.625. The summed E-state index contributed by atoms with van der Waals surface area (Å²) in [4.78, 5) is 5.14. The molecule has 0 aliphatic rings. The van der Waals surface area contributed by atoms with E-state index >= 15 is 0 Å². The quantitative estimate of drug-likeness (QED) is 0.428. The molecule has 0 bridgehead atoms. The van der Waals surface area contributed by atoms with Crippen molar-refractivity contribution in [1.29, 1.82) is 0 Å². The lowest BCUT2D eigenvalue weighted by atomic mass is 10.2. The van der Waals surface area contributed by atoms with Crippen molar-refractivity contribution in [2.75, 3.05) is 13.1 Å². The van der Waals surface area contributed by atoms with Crippen LogP contribution in [-0.2, 0) is 4.84 Å². The Balaban J connectivity index is 3.07. The van der Waals surface area contributed by atoms with Crippen LogP contribution in [0.4, 0.5) is 0 Å². The molecule has 0 fully saturated rings. The van der Waals surface area contributed by atoms with E-state index < -0.39 is 0 Å². The zero-order valence-corrected chi connectivity index (χ0v) is 6.40. The molecule has 3 N–H and O–H groups in total. The first-order valence-electron chi connectivity index (χ1n) is 3.17. The van der Waals surface area contributed by atoms with Crippen molar-refractivity contribution < 1.29 is 4.84 Å². The summed E-state index contributed by atoms with van der Waals surface area (Å²) >= 11 is 0. The van der Waals surface area contributed by atoms with Gasteiger partial charge in [-0.2, -0.15) is 0 Å². The van der Waals surface area contributed by atoms with Crippen LogP contribution in [-0.4, -0.2) is 18.7 Å². The van der Waals surface area contributed by atoms with E-state index in [-0.39, 0.29) is 5.60 Å². The minimum Gasteiger partial charge on any atom is -0.329 e. The number of hydrogen-bond acceptors (Lipinski definition) is 3. The Labute approximate surface area is 56.5 Å². The standard InChI is InChI=1S/C6H16N2O/c1-6(2,3)9-8-5-4-7/h8H,4-5,7H2,1-3H3. The predicted octanol–water partition coefficient (Wildman–Crippen LogP) is 0.265. The van der Waals surface area contributed by atoms with E-state index in [9.17, 15) is 0 Å². The summed E-state index contributed by atoms with van der Waals surface area (Å²) in [6.07, 6.45) is 0. The molecule has 0 heterocycles. The lowest BCUT2D eigenvalue weighted by molar-refractivity contribution is -0.0709. The van der Waals surface area contributed by atoms with Gasteiger partial charge in [0, 0.05) is 13.1 Å². The predicted molar refractivity (Wildman–Crippen MR) is 37.9 cm³/mol. The maximum absolute atomic E-state index is 5.22. The summed E-state index contributed by atoms with van der Waals surface area (Å²) in [6, 6.07) is 0. The van der Waals surface area contributed by atoms with Gasteiger partial charge in [-0.25, -0.2) is 5.48 Å². The fourth-order valence-electron chi connectivity index (χ4n) is 0.326. The monoisotopic (exact) mass is 132 g/mol. The minimum absolute atomic E-state index is 0.116. The Bertz CT molecular complexity index is 67.9. The Hall–Kier alpha value is -0.120. The second-order valence-corrected chi connectivity index (χ2v) is 2.90. The second-order valence-electron chi connectivity index (χ2n) is 2.90. The Morgan fingerprint density at radius 3 is 2.33 bits per heavy atom. The average molecular weight is 132 g/mol. The molecule has 0 rings (SSSR count). The Morgan fingerprint density at radius 2 is 2.00 bits per heavy atom. The Morgan fingerprint density at radius 1 is 1.44 bits per heavy atom. The molecular formula is C6H16N2O. The maximum Gasteiger partial charge on any atom is 0.0812 e. The highest BCUT2D eigenvalue weighted by atomic mass is 16.7. The number of hydrogen-bond donors (Lipinski definition) is 2. The first-order chi connectivity index (χ1) is 4.06. The van der Waals surface area contributed by atoms with Gasteiger partial charge in [0.1, 0.15) is 0 Å². The van der Waals surface area contributed by atoms with Crippen LogP contribution in [0.15, 0.2) is 0 Å². The number of nitrogens with two attached hydrogens (primary N) is 1. The van der Waals surface area contributed by atoms with Crippen LogP contribution in [0.3, 0.4) is 0 Å². The number of nitrogens with one attached hydrogen (secondary N) is 1. The lowest BCUT2D eigenvalue weighted by Gasteiger charge is -2.18. The summed E-state index contributed by atoms with van der Waals surface area (Å²) in [5, 5.41) is 0. The van der Waals surface area contributed by atoms with Gasteiger partial charge in [0.15, 0.2) is 0 Å². The van der Waals surface area contributed by atoms with E-state index in [4.69, 9.17) is 10.6 Å². The van der Waals surface area contributed by atoms with E-state index in [1.807, 2.05) is 20.8 Å². The largest absolute Gasteiger partial charge is 0.329 e. The highest BCUT2D eigenvalue weighted by molar-refractivity contribution is 4.56. The van der Waals surface area contributed by atoms with Crippen molar-refractivity contribution >= 4 is 0 Å². The summed E-state index contributed by atoms with van der Waals surface area (Å²) in [7, 11) is 0. The average Bonchev–Trinajstić information content (AvgIpc) is 1.63.